The van der Waals surface area contributed by atoms with Crippen LogP contribution in [-0.4, -0.2) is 5.78 Å². The first-order valence-corrected chi connectivity index (χ1v) is 6.78. The van der Waals surface area contributed by atoms with E-state index in [-0.39, 0.29) is 11.7 Å². The number of carbonyl (C=O) groups excluding carboxylic acids is 1. The van der Waals surface area contributed by atoms with E-state index in [1.54, 1.807) is 6.07 Å². The number of unbranched alkanes of at least 4 members (excludes halogenated alkanes) is 1. The lowest BCUT2D eigenvalue weighted by molar-refractivity contribution is 0.0907. The minimum absolute atomic E-state index is 0.119. The van der Waals surface area contributed by atoms with Crippen molar-refractivity contribution < 1.29 is 4.79 Å². The number of halogens is 1. The van der Waals surface area contributed by atoms with Gasteiger partial charge in [-0.2, -0.15) is 0 Å². The Kier molecular flexibility index (Phi) is 5.70. The van der Waals surface area contributed by atoms with Crippen molar-refractivity contribution in [1.82, 2.24) is 0 Å². The fraction of sp³-hybridized carbons (Fsp3) is 0.533. The van der Waals surface area contributed by atoms with E-state index in [1.165, 1.54) is 0 Å². The molecule has 0 aliphatic carbocycles. The van der Waals surface area contributed by atoms with Crippen molar-refractivity contribution in [3.8, 4) is 0 Å². The molecule has 94 valence electrons. The maximum absolute atomic E-state index is 12.4. The number of ketones is 1. The summed E-state index contributed by atoms with van der Waals surface area (Å²) < 4.78 is 0. The highest BCUT2D eigenvalue weighted by atomic mass is 35.5. The maximum Gasteiger partial charge on any atom is 0.167 e. The second kappa shape index (κ2) is 6.80. The predicted molar refractivity (Wildman–Crippen MR) is 73.8 cm³/mol. The molecular formula is C15H21ClO. The topological polar surface area (TPSA) is 17.1 Å². The van der Waals surface area contributed by atoms with E-state index < -0.39 is 0 Å². The van der Waals surface area contributed by atoms with Gasteiger partial charge in [-0.3, -0.25) is 4.79 Å². The lowest BCUT2D eigenvalue weighted by Gasteiger charge is -2.15. The number of hydrogen-bond acceptors (Lipinski definition) is 1. The first-order valence-electron chi connectivity index (χ1n) is 6.41. The molecule has 1 aromatic rings. The molecule has 0 aromatic heterocycles. The number of hydrogen-bond donors (Lipinski definition) is 0. The summed E-state index contributed by atoms with van der Waals surface area (Å²) in [5, 5.41) is 0.588. The molecule has 0 saturated heterocycles. The van der Waals surface area contributed by atoms with E-state index in [4.69, 9.17) is 11.6 Å². The van der Waals surface area contributed by atoms with E-state index in [0.29, 0.717) is 5.02 Å². The average molecular weight is 253 g/mol. The predicted octanol–water partition coefficient (Wildman–Crippen LogP) is 5.05. The summed E-state index contributed by atoms with van der Waals surface area (Å²) in [6, 6.07) is 5.64. The monoisotopic (exact) mass is 252 g/mol. The van der Waals surface area contributed by atoms with Gasteiger partial charge in [0, 0.05) is 11.5 Å². The Morgan fingerprint density at radius 3 is 2.59 bits per heavy atom. The van der Waals surface area contributed by atoms with Gasteiger partial charge in [0.1, 0.15) is 0 Å². The summed E-state index contributed by atoms with van der Waals surface area (Å²) in [7, 11) is 0. The van der Waals surface area contributed by atoms with Crippen molar-refractivity contribution in [2.24, 2.45) is 5.92 Å². The smallest absolute Gasteiger partial charge is 0.167 e. The van der Waals surface area contributed by atoms with Crippen LogP contribution in [0, 0.1) is 12.8 Å². The Labute approximate surface area is 109 Å². The average Bonchev–Trinajstić information content (AvgIpc) is 2.30. The van der Waals surface area contributed by atoms with Gasteiger partial charge in [0.05, 0.1) is 5.02 Å². The third kappa shape index (κ3) is 3.57. The molecule has 0 heterocycles. The second-order valence-electron chi connectivity index (χ2n) is 4.54. The van der Waals surface area contributed by atoms with E-state index in [0.717, 1.165) is 36.8 Å². The molecule has 2 heteroatoms. The summed E-state index contributed by atoms with van der Waals surface area (Å²) in [5.41, 5.74) is 1.70. The molecule has 0 amide bonds. The van der Waals surface area contributed by atoms with Gasteiger partial charge in [-0.15, -0.1) is 0 Å². The molecule has 1 nitrogen and oxygen atoms in total. The Balaban J connectivity index is 2.93. The zero-order chi connectivity index (χ0) is 12.8. The van der Waals surface area contributed by atoms with Crippen LogP contribution in [0.3, 0.4) is 0 Å². The van der Waals surface area contributed by atoms with Crippen LogP contribution in [0.1, 0.15) is 55.5 Å². The van der Waals surface area contributed by atoms with Gasteiger partial charge in [-0.05, 0) is 31.4 Å². The summed E-state index contributed by atoms with van der Waals surface area (Å²) >= 11 is 6.14. The van der Waals surface area contributed by atoms with Crippen molar-refractivity contribution in [1.29, 1.82) is 0 Å². The van der Waals surface area contributed by atoms with Gasteiger partial charge in [-0.1, -0.05) is 50.4 Å². The largest absolute Gasteiger partial charge is 0.294 e. The number of aryl methyl sites for hydroxylation is 1. The Morgan fingerprint density at radius 1 is 1.35 bits per heavy atom. The molecule has 0 spiro atoms. The van der Waals surface area contributed by atoms with Crippen LogP contribution >= 0.6 is 11.6 Å². The van der Waals surface area contributed by atoms with Crippen molar-refractivity contribution in [2.75, 3.05) is 0 Å². The lowest BCUT2D eigenvalue weighted by atomic mass is 9.89. The fourth-order valence-corrected chi connectivity index (χ4v) is 2.43. The highest BCUT2D eigenvalue weighted by molar-refractivity contribution is 6.34. The van der Waals surface area contributed by atoms with Crippen LogP contribution in [0.25, 0.3) is 0 Å². The summed E-state index contributed by atoms with van der Waals surface area (Å²) in [6.07, 6.45) is 4.10. The van der Waals surface area contributed by atoms with Crippen LogP contribution in [0.2, 0.25) is 5.02 Å². The highest BCUT2D eigenvalue weighted by Gasteiger charge is 2.21. The number of benzene rings is 1. The molecule has 0 aliphatic heterocycles. The summed E-state index contributed by atoms with van der Waals surface area (Å²) in [5.74, 6) is 0.331. The SMILES string of the molecule is CCCCC(CC)C(=O)c1c(C)cccc1Cl. The highest BCUT2D eigenvalue weighted by Crippen LogP contribution is 2.26. The molecule has 1 unspecified atom stereocenters. The minimum Gasteiger partial charge on any atom is -0.294 e. The third-order valence-corrected chi connectivity index (χ3v) is 3.55. The van der Waals surface area contributed by atoms with E-state index >= 15 is 0 Å². The first kappa shape index (κ1) is 14.2. The zero-order valence-corrected chi connectivity index (χ0v) is 11.7. The molecule has 1 rings (SSSR count). The van der Waals surface area contributed by atoms with Gasteiger partial charge < -0.3 is 0 Å². The van der Waals surface area contributed by atoms with Crippen molar-refractivity contribution in [2.45, 2.75) is 46.5 Å². The fourth-order valence-electron chi connectivity index (χ4n) is 2.12. The molecule has 0 bridgehead atoms. The molecule has 0 aliphatic rings. The maximum atomic E-state index is 12.4. The number of carbonyl (C=O) groups is 1. The standard InChI is InChI=1S/C15H21ClO/c1-4-6-9-12(5-2)15(17)14-11(3)8-7-10-13(14)16/h7-8,10,12H,4-6,9H2,1-3H3. The van der Waals surface area contributed by atoms with Gasteiger partial charge in [0.2, 0.25) is 0 Å². The second-order valence-corrected chi connectivity index (χ2v) is 4.95. The normalized spacial score (nSPS) is 12.5. The molecule has 0 saturated carbocycles. The molecule has 0 fully saturated rings. The lowest BCUT2D eigenvalue weighted by Crippen LogP contribution is -2.15. The Morgan fingerprint density at radius 2 is 2.06 bits per heavy atom. The molecule has 17 heavy (non-hydrogen) atoms. The minimum atomic E-state index is 0.119. The van der Waals surface area contributed by atoms with Crippen LogP contribution in [0.15, 0.2) is 18.2 Å². The molecule has 1 aromatic carbocycles. The molecule has 0 radical (unpaired) electrons. The van der Waals surface area contributed by atoms with Crippen molar-refractivity contribution >= 4 is 17.4 Å². The number of rotatable bonds is 6. The number of Topliss-reactive ketones (excluding diaryl/α,β-unsaturated/α-hetero) is 1. The summed E-state index contributed by atoms with van der Waals surface area (Å²) in [4.78, 5) is 12.4. The van der Waals surface area contributed by atoms with Crippen LogP contribution in [0.4, 0.5) is 0 Å². The van der Waals surface area contributed by atoms with Gasteiger partial charge >= 0.3 is 0 Å². The summed E-state index contributed by atoms with van der Waals surface area (Å²) in [6.45, 7) is 6.17. The third-order valence-electron chi connectivity index (χ3n) is 3.24. The van der Waals surface area contributed by atoms with Crippen LogP contribution < -0.4 is 0 Å². The van der Waals surface area contributed by atoms with Crippen molar-refractivity contribution in [3.63, 3.8) is 0 Å². The quantitative estimate of drug-likeness (QED) is 0.648. The molecular weight excluding hydrogens is 232 g/mol. The Hall–Kier alpha value is -0.820. The van der Waals surface area contributed by atoms with Gasteiger partial charge in [0.15, 0.2) is 5.78 Å². The van der Waals surface area contributed by atoms with E-state index in [9.17, 15) is 4.79 Å². The van der Waals surface area contributed by atoms with Crippen LogP contribution in [0.5, 0.6) is 0 Å². The van der Waals surface area contributed by atoms with Gasteiger partial charge in [-0.25, -0.2) is 0 Å². The van der Waals surface area contributed by atoms with Gasteiger partial charge in [0.25, 0.3) is 0 Å². The van der Waals surface area contributed by atoms with Crippen molar-refractivity contribution in [3.05, 3.63) is 34.3 Å². The van der Waals surface area contributed by atoms with E-state index in [1.807, 2.05) is 19.1 Å². The van der Waals surface area contributed by atoms with Crippen LogP contribution in [-0.2, 0) is 0 Å². The zero-order valence-electron chi connectivity index (χ0n) is 10.9. The molecule has 1 atom stereocenters. The molecule has 0 N–H and O–H groups in total. The first-order chi connectivity index (χ1) is 8.11. The Bertz CT molecular complexity index is 364. The van der Waals surface area contributed by atoms with E-state index in [2.05, 4.69) is 13.8 Å².